The molecular formula is C17H23N5O3S2. The number of rotatable bonds is 9. The minimum absolute atomic E-state index is 0.187. The molecule has 0 unspecified atom stereocenters. The van der Waals surface area contributed by atoms with Crippen molar-refractivity contribution in [2.45, 2.75) is 25.1 Å². The third kappa shape index (κ3) is 7.06. The van der Waals surface area contributed by atoms with Crippen molar-refractivity contribution >= 4 is 51.4 Å². The van der Waals surface area contributed by atoms with Gasteiger partial charge >= 0.3 is 0 Å². The second-order valence-electron chi connectivity index (χ2n) is 6.08. The Kier molecular flexibility index (Phi) is 7.86. The van der Waals surface area contributed by atoms with E-state index in [2.05, 4.69) is 40.0 Å². The maximum atomic E-state index is 12.3. The quantitative estimate of drug-likeness (QED) is 0.546. The summed E-state index contributed by atoms with van der Waals surface area (Å²) < 4.78 is 5.97. The van der Waals surface area contributed by atoms with Gasteiger partial charge in [0.25, 0.3) is 0 Å². The monoisotopic (exact) mass is 409 g/mol. The van der Waals surface area contributed by atoms with Gasteiger partial charge in [-0.3, -0.25) is 9.59 Å². The first kappa shape index (κ1) is 21.0. The van der Waals surface area contributed by atoms with Crippen LogP contribution < -0.4 is 20.7 Å². The fraction of sp³-hybridized carbons (Fsp3) is 0.412. The zero-order valence-electron chi connectivity index (χ0n) is 15.7. The molecule has 0 aliphatic rings. The number of benzene rings is 1. The molecule has 2 aromatic rings. The number of ether oxygens (including phenoxy) is 1. The van der Waals surface area contributed by atoms with Crippen LogP contribution in [0.1, 0.15) is 20.8 Å². The SMILES string of the molecule is COc1ccc(NC(C)=O)cc1NC(=O)CSc1nnc(NCC(C)C)s1. The number of aromatic nitrogens is 2. The fourth-order valence-corrected chi connectivity index (χ4v) is 3.59. The van der Waals surface area contributed by atoms with Crippen molar-refractivity contribution in [2.24, 2.45) is 5.92 Å². The van der Waals surface area contributed by atoms with Crippen LogP contribution in [0.3, 0.4) is 0 Å². The van der Waals surface area contributed by atoms with Crippen molar-refractivity contribution in [3.05, 3.63) is 18.2 Å². The number of anilines is 3. The molecule has 0 fully saturated rings. The van der Waals surface area contributed by atoms with E-state index < -0.39 is 0 Å². The molecule has 1 heterocycles. The normalized spacial score (nSPS) is 10.6. The zero-order chi connectivity index (χ0) is 19.8. The van der Waals surface area contributed by atoms with E-state index in [1.807, 2.05) is 0 Å². The Bertz CT molecular complexity index is 795. The van der Waals surface area contributed by atoms with Crippen LogP contribution in [-0.2, 0) is 9.59 Å². The van der Waals surface area contributed by atoms with Gasteiger partial charge in [-0.1, -0.05) is 36.9 Å². The average Bonchev–Trinajstić information content (AvgIpc) is 3.06. The smallest absolute Gasteiger partial charge is 0.234 e. The third-order valence-electron chi connectivity index (χ3n) is 3.19. The highest BCUT2D eigenvalue weighted by Gasteiger charge is 2.12. The van der Waals surface area contributed by atoms with Crippen LogP contribution in [0.15, 0.2) is 22.5 Å². The summed E-state index contributed by atoms with van der Waals surface area (Å²) in [5.74, 6) is 0.820. The fourth-order valence-electron chi connectivity index (χ4n) is 2.03. The van der Waals surface area contributed by atoms with E-state index in [1.54, 1.807) is 18.2 Å². The molecule has 0 aliphatic heterocycles. The van der Waals surface area contributed by atoms with E-state index in [4.69, 9.17) is 4.74 Å². The summed E-state index contributed by atoms with van der Waals surface area (Å²) in [5.41, 5.74) is 1.07. The lowest BCUT2D eigenvalue weighted by molar-refractivity contribution is -0.114. The van der Waals surface area contributed by atoms with Crippen LogP contribution in [0.25, 0.3) is 0 Å². The first-order chi connectivity index (χ1) is 12.9. The van der Waals surface area contributed by atoms with Crippen molar-refractivity contribution in [3.63, 3.8) is 0 Å². The summed E-state index contributed by atoms with van der Waals surface area (Å²) in [6.07, 6.45) is 0. The second kappa shape index (κ2) is 10.1. The van der Waals surface area contributed by atoms with Crippen LogP contribution in [0, 0.1) is 5.92 Å². The number of hydrogen-bond acceptors (Lipinski definition) is 8. The molecule has 8 nitrogen and oxygen atoms in total. The number of methoxy groups -OCH3 is 1. The van der Waals surface area contributed by atoms with Gasteiger partial charge in [-0.2, -0.15) is 0 Å². The minimum atomic E-state index is -0.204. The molecule has 146 valence electrons. The van der Waals surface area contributed by atoms with Gasteiger partial charge in [-0.05, 0) is 24.1 Å². The highest BCUT2D eigenvalue weighted by molar-refractivity contribution is 8.01. The molecule has 2 rings (SSSR count). The first-order valence-corrected chi connectivity index (χ1v) is 10.1. The van der Waals surface area contributed by atoms with E-state index in [0.29, 0.717) is 23.0 Å². The van der Waals surface area contributed by atoms with Crippen molar-refractivity contribution in [3.8, 4) is 5.75 Å². The van der Waals surface area contributed by atoms with Crippen molar-refractivity contribution in [1.82, 2.24) is 10.2 Å². The summed E-state index contributed by atoms with van der Waals surface area (Å²) in [6, 6.07) is 5.05. The third-order valence-corrected chi connectivity index (χ3v) is 5.20. The van der Waals surface area contributed by atoms with Crippen LogP contribution in [0.4, 0.5) is 16.5 Å². The standard InChI is InChI=1S/C17H23N5O3S2/c1-10(2)8-18-16-21-22-17(27-16)26-9-15(24)20-13-7-12(19-11(3)23)5-6-14(13)25-4/h5-7,10H,8-9H2,1-4H3,(H,18,21)(H,19,23)(H,20,24). The summed E-state index contributed by atoms with van der Waals surface area (Å²) in [7, 11) is 1.52. The van der Waals surface area contributed by atoms with E-state index >= 15 is 0 Å². The summed E-state index contributed by atoms with van der Waals surface area (Å²) in [6.45, 7) is 6.47. The number of carbonyl (C=O) groups excluding carboxylic acids is 2. The number of nitrogens with zero attached hydrogens (tertiary/aromatic N) is 2. The molecule has 0 radical (unpaired) electrons. The predicted molar refractivity (Wildman–Crippen MR) is 110 cm³/mol. The van der Waals surface area contributed by atoms with Crippen molar-refractivity contribution in [2.75, 3.05) is 35.4 Å². The Morgan fingerprint density at radius 1 is 1.26 bits per heavy atom. The zero-order valence-corrected chi connectivity index (χ0v) is 17.3. The Labute approximate surface area is 166 Å². The molecule has 3 N–H and O–H groups in total. The largest absolute Gasteiger partial charge is 0.495 e. The molecule has 1 aromatic heterocycles. The Morgan fingerprint density at radius 3 is 2.70 bits per heavy atom. The summed E-state index contributed by atoms with van der Waals surface area (Å²) >= 11 is 2.73. The molecule has 1 aromatic carbocycles. The molecule has 10 heteroatoms. The molecular weight excluding hydrogens is 386 g/mol. The first-order valence-electron chi connectivity index (χ1n) is 8.33. The molecule has 0 atom stereocenters. The molecule has 27 heavy (non-hydrogen) atoms. The Hall–Kier alpha value is -2.33. The van der Waals surface area contributed by atoms with Crippen molar-refractivity contribution < 1.29 is 14.3 Å². The van der Waals surface area contributed by atoms with Gasteiger partial charge in [0.1, 0.15) is 5.75 Å². The second-order valence-corrected chi connectivity index (χ2v) is 8.28. The Morgan fingerprint density at radius 2 is 2.04 bits per heavy atom. The van der Waals surface area contributed by atoms with Crippen LogP contribution in [0.2, 0.25) is 0 Å². The highest BCUT2D eigenvalue weighted by atomic mass is 32.2. The number of thioether (sulfide) groups is 1. The maximum absolute atomic E-state index is 12.3. The van der Waals surface area contributed by atoms with Gasteiger partial charge in [0, 0.05) is 19.2 Å². The molecule has 0 bridgehead atoms. The van der Waals surface area contributed by atoms with E-state index in [1.165, 1.54) is 37.1 Å². The van der Waals surface area contributed by atoms with Crippen LogP contribution in [-0.4, -0.2) is 41.4 Å². The van der Waals surface area contributed by atoms with Gasteiger partial charge in [0.15, 0.2) is 4.34 Å². The minimum Gasteiger partial charge on any atom is -0.495 e. The van der Waals surface area contributed by atoms with Gasteiger partial charge in [0.2, 0.25) is 16.9 Å². The van der Waals surface area contributed by atoms with Gasteiger partial charge in [-0.25, -0.2) is 0 Å². The number of nitrogens with one attached hydrogen (secondary N) is 3. The molecule has 0 aliphatic carbocycles. The molecule has 2 amide bonds. The van der Waals surface area contributed by atoms with Gasteiger partial charge in [0.05, 0.1) is 18.6 Å². The Balaban J connectivity index is 1.92. The number of hydrogen-bond donors (Lipinski definition) is 3. The van der Waals surface area contributed by atoms with Crippen LogP contribution >= 0.6 is 23.1 Å². The van der Waals surface area contributed by atoms with Gasteiger partial charge in [-0.15, -0.1) is 10.2 Å². The number of amides is 2. The molecule has 0 saturated carbocycles. The van der Waals surface area contributed by atoms with E-state index in [-0.39, 0.29) is 17.6 Å². The lowest BCUT2D eigenvalue weighted by Crippen LogP contribution is -2.15. The topological polar surface area (TPSA) is 105 Å². The van der Waals surface area contributed by atoms with Crippen LogP contribution in [0.5, 0.6) is 5.75 Å². The highest BCUT2D eigenvalue weighted by Crippen LogP contribution is 2.29. The summed E-state index contributed by atoms with van der Waals surface area (Å²) in [5, 5.41) is 17.6. The van der Waals surface area contributed by atoms with Crippen molar-refractivity contribution in [1.29, 1.82) is 0 Å². The average molecular weight is 410 g/mol. The predicted octanol–water partition coefficient (Wildman–Crippen LogP) is 3.30. The summed E-state index contributed by atoms with van der Waals surface area (Å²) in [4.78, 5) is 23.5. The van der Waals surface area contributed by atoms with E-state index in [9.17, 15) is 9.59 Å². The maximum Gasteiger partial charge on any atom is 0.234 e. The lowest BCUT2D eigenvalue weighted by Gasteiger charge is -2.12. The lowest BCUT2D eigenvalue weighted by atomic mass is 10.2. The van der Waals surface area contributed by atoms with E-state index in [0.717, 1.165) is 16.0 Å². The molecule has 0 spiro atoms. The van der Waals surface area contributed by atoms with Gasteiger partial charge < -0.3 is 20.7 Å². The number of carbonyl (C=O) groups is 2. The molecule has 0 saturated heterocycles.